The number of benzene rings is 2. The number of aromatic nitrogens is 1. The van der Waals surface area contributed by atoms with Crippen molar-refractivity contribution in [2.24, 2.45) is 0 Å². The summed E-state index contributed by atoms with van der Waals surface area (Å²) in [6, 6.07) is 15.1. The van der Waals surface area contributed by atoms with Crippen molar-refractivity contribution in [3.8, 4) is 5.75 Å². The van der Waals surface area contributed by atoms with E-state index in [9.17, 15) is 8.42 Å². The number of rotatable bonds is 4. The number of piperazine rings is 1. The lowest BCUT2D eigenvalue weighted by atomic mass is 10.1. The zero-order chi connectivity index (χ0) is 19.7. The fourth-order valence-corrected chi connectivity index (χ4v) is 5.32. The van der Waals surface area contributed by atoms with Crippen LogP contribution in [0.15, 0.2) is 59.6 Å². The van der Waals surface area contributed by atoms with Gasteiger partial charge in [0, 0.05) is 37.8 Å². The highest BCUT2D eigenvalue weighted by atomic mass is 32.2. The van der Waals surface area contributed by atoms with Gasteiger partial charge in [0.1, 0.15) is 5.75 Å². The number of nitrogens with zero attached hydrogens (tertiary/aromatic N) is 3. The maximum absolute atomic E-state index is 13.1. The number of methoxy groups -OCH3 is 1. The molecule has 1 fully saturated rings. The maximum atomic E-state index is 13.1. The average molecular weight is 398 g/mol. The SMILES string of the molecule is COc1ccc(S(=O)(=O)N2CCN(c3cccc4cccnc34)CC2)c(C)c1. The molecule has 1 aromatic heterocycles. The smallest absolute Gasteiger partial charge is 0.243 e. The second kappa shape index (κ2) is 7.41. The van der Waals surface area contributed by atoms with Crippen LogP contribution < -0.4 is 9.64 Å². The molecule has 0 saturated carbocycles. The van der Waals surface area contributed by atoms with Crippen molar-refractivity contribution in [2.45, 2.75) is 11.8 Å². The van der Waals surface area contributed by atoms with E-state index in [4.69, 9.17) is 4.74 Å². The zero-order valence-electron chi connectivity index (χ0n) is 16.0. The number of anilines is 1. The van der Waals surface area contributed by atoms with E-state index in [1.807, 2.05) is 30.3 Å². The third-order valence-electron chi connectivity index (χ3n) is 5.19. The van der Waals surface area contributed by atoms with E-state index in [1.165, 1.54) is 0 Å². The number of hydrogen-bond acceptors (Lipinski definition) is 5. The summed E-state index contributed by atoms with van der Waals surface area (Å²) in [5, 5.41) is 1.09. The van der Waals surface area contributed by atoms with Crippen molar-refractivity contribution in [3.63, 3.8) is 0 Å². The van der Waals surface area contributed by atoms with Crippen LogP contribution in [0.1, 0.15) is 5.56 Å². The lowest BCUT2D eigenvalue weighted by molar-refractivity contribution is 0.384. The van der Waals surface area contributed by atoms with Crippen molar-refractivity contribution in [3.05, 3.63) is 60.3 Å². The van der Waals surface area contributed by atoms with E-state index in [1.54, 1.807) is 42.7 Å². The number of hydrogen-bond donors (Lipinski definition) is 0. The molecule has 0 N–H and O–H groups in total. The van der Waals surface area contributed by atoms with Crippen LogP contribution in [0.4, 0.5) is 5.69 Å². The van der Waals surface area contributed by atoms with Crippen LogP contribution in [0.2, 0.25) is 0 Å². The van der Waals surface area contributed by atoms with Crippen molar-refractivity contribution in [1.82, 2.24) is 9.29 Å². The van der Waals surface area contributed by atoms with Crippen molar-refractivity contribution in [1.29, 1.82) is 0 Å². The van der Waals surface area contributed by atoms with Gasteiger partial charge in [-0.2, -0.15) is 4.31 Å². The highest BCUT2D eigenvalue weighted by Crippen LogP contribution is 2.28. The molecule has 1 saturated heterocycles. The Bertz CT molecular complexity index is 1100. The highest BCUT2D eigenvalue weighted by molar-refractivity contribution is 7.89. The van der Waals surface area contributed by atoms with Gasteiger partial charge in [0.2, 0.25) is 10.0 Å². The molecule has 146 valence electrons. The first kappa shape index (κ1) is 18.7. The van der Waals surface area contributed by atoms with Gasteiger partial charge in [-0.3, -0.25) is 4.98 Å². The van der Waals surface area contributed by atoms with E-state index < -0.39 is 10.0 Å². The lowest BCUT2D eigenvalue weighted by Gasteiger charge is -2.35. The number of sulfonamides is 1. The molecule has 1 aliphatic heterocycles. The Morgan fingerprint density at radius 1 is 1.00 bits per heavy atom. The van der Waals surface area contributed by atoms with Gasteiger partial charge in [0.15, 0.2) is 0 Å². The monoisotopic (exact) mass is 397 g/mol. The first-order valence-electron chi connectivity index (χ1n) is 9.24. The maximum Gasteiger partial charge on any atom is 0.243 e. The fraction of sp³-hybridized carbons (Fsp3) is 0.286. The van der Waals surface area contributed by atoms with Gasteiger partial charge in [-0.05, 0) is 42.8 Å². The highest BCUT2D eigenvalue weighted by Gasteiger charge is 2.30. The standard InChI is InChI=1S/C21H23N3O3S/c1-16-15-18(27-2)8-9-20(16)28(25,26)24-13-11-23(12-14-24)19-7-3-5-17-6-4-10-22-21(17)19/h3-10,15H,11-14H2,1-2H3. The summed E-state index contributed by atoms with van der Waals surface area (Å²) in [4.78, 5) is 7.07. The van der Waals surface area contributed by atoms with Gasteiger partial charge in [0.05, 0.1) is 23.2 Å². The molecule has 3 aromatic rings. The van der Waals surface area contributed by atoms with E-state index in [-0.39, 0.29) is 0 Å². The number of pyridine rings is 1. The number of para-hydroxylation sites is 1. The van der Waals surface area contributed by atoms with Crippen molar-refractivity contribution < 1.29 is 13.2 Å². The molecule has 1 aliphatic rings. The molecule has 0 aliphatic carbocycles. The number of ether oxygens (including phenoxy) is 1. The van der Waals surface area contributed by atoms with Crippen LogP contribution in [-0.4, -0.2) is 51.0 Å². The summed E-state index contributed by atoms with van der Waals surface area (Å²) in [7, 11) is -1.96. The molecule has 0 unspecified atom stereocenters. The minimum absolute atomic E-state index is 0.341. The first-order valence-corrected chi connectivity index (χ1v) is 10.7. The number of aryl methyl sites for hydroxylation is 1. The topological polar surface area (TPSA) is 62.7 Å². The van der Waals surface area contributed by atoms with Crippen molar-refractivity contribution >= 4 is 26.6 Å². The zero-order valence-corrected chi connectivity index (χ0v) is 16.8. The summed E-state index contributed by atoms with van der Waals surface area (Å²) in [5.41, 5.74) is 2.70. The van der Waals surface area contributed by atoms with Crippen LogP contribution in [0, 0.1) is 6.92 Å². The van der Waals surface area contributed by atoms with Crippen LogP contribution in [-0.2, 0) is 10.0 Å². The van der Waals surface area contributed by atoms with E-state index in [0.29, 0.717) is 42.4 Å². The molecular formula is C21H23N3O3S. The average Bonchev–Trinajstić information content (AvgIpc) is 2.73. The molecule has 0 bridgehead atoms. The molecule has 0 atom stereocenters. The Morgan fingerprint density at radius 2 is 1.75 bits per heavy atom. The third kappa shape index (κ3) is 3.31. The second-order valence-corrected chi connectivity index (χ2v) is 8.78. The van der Waals surface area contributed by atoms with Gasteiger partial charge >= 0.3 is 0 Å². The van der Waals surface area contributed by atoms with Gasteiger partial charge in [-0.15, -0.1) is 0 Å². The quantitative estimate of drug-likeness (QED) is 0.677. The minimum atomic E-state index is -3.53. The van der Waals surface area contributed by atoms with Gasteiger partial charge in [-0.25, -0.2) is 8.42 Å². The summed E-state index contributed by atoms with van der Waals surface area (Å²) < 4.78 is 33.0. The molecule has 28 heavy (non-hydrogen) atoms. The molecule has 0 spiro atoms. The molecule has 7 heteroatoms. The van der Waals surface area contributed by atoms with Gasteiger partial charge in [-0.1, -0.05) is 18.2 Å². The Kier molecular flexibility index (Phi) is 4.95. The molecule has 6 nitrogen and oxygen atoms in total. The van der Waals surface area contributed by atoms with Crippen LogP contribution >= 0.6 is 0 Å². The molecule has 4 rings (SSSR count). The largest absolute Gasteiger partial charge is 0.497 e. The minimum Gasteiger partial charge on any atom is -0.497 e. The Labute approximate surface area is 165 Å². The Balaban J connectivity index is 1.55. The van der Waals surface area contributed by atoms with E-state index in [2.05, 4.69) is 9.88 Å². The molecule has 0 radical (unpaired) electrons. The fourth-order valence-electron chi connectivity index (χ4n) is 3.69. The van der Waals surface area contributed by atoms with Crippen LogP contribution in [0.25, 0.3) is 10.9 Å². The Hall–Kier alpha value is -2.64. The molecule has 0 amide bonds. The second-order valence-electron chi connectivity index (χ2n) is 6.87. The van der Waals surface area contributed by atoms with Crippen LogP contribution in [0.3, 0.4) is 0 Å². The van der Waals surface area contributed by atoms with Gasteiger partial charge in [0.25, 0.3) is 0 Å². The lowest BCUT2D eigenvalue weighted by Crippen LogP contribution is -2.48. The molecule has 2 aromatic carbocycles. The molecule has 2 heterocycles. The predicted molar refractivity (Wildman–Crippen MR) is 110 cm³/mol. The van der Waals surface area contributed by atoms with E-state index in [0.717, 1.165) is 16.6 Å². The first-order chi connectivity index (χ1) is 13.5. The summed E-state index contributed by atoms with van der Waals surface area (Å²) in [6.07, 6.45) is 1.79. The number of fused-ring (bicyclic) bond motifs is 1. The normalized spacial score (nSPS) is 15.7. The van der Waals surface area contributed by atoms with Gasteiger partial charge < -0.3 is 9.64 Å². The van der Waals surface area contributed by atoms with Crippen LogP contribution in [0.5, 0.6) is 5.75 Å². The van der Waals surface area contributed by atoms with Crippen molar-refractivity contribution in [2.75, 3.05) is 38.2 Å². The molecular weight excluding hydrogens is 374 g/mol. The van der Waals surface area contributed by atoms with E-state index >= 15 is 0 Å². The summed E-state index contributed by atoms with van der Waals surface area (Å²) in [5.74, 6) is 0.657. The Morgan fingerprint density at radius 3 is 2.46 bits per heavy atom. The third-order valence-corrected chi connectivity index (χ3v) is 7.25. The summed E-state index contributed by atoms with van der Waals surface area (Å²) in [6.45, 7) is 3.94. The summed E-state index contributed by atoms with van der Waals surface area (Å²) >= 11 is 0. The predicted octanol–water partition coefficient (Wildman–Crippen LogP) is 3.06.